The molecule has 4 aromatic rings. The third-order valence-corrected chi connectivity index (χ3v) is 11.3. The molecule has 51 heavy (non-hydrogen) atoms. The van der Waals surface area contributed by atoms with E-state index in [1.165, 1.54) is 30.5 Å². The Balaban J connectivity index is 1.22. The number of benzene rings is 2. The smallest absolute Gasteiger partial charge is 0.319 e. The van der Waals surface area contributed by atoms with Gasteiger partial charge in [-0.2, -0.15) is 9.97 Å². The van der Waals surface area contributed by atoms with Crippen LogP contribution in [0.25, 0.3) is 32.9 Å². The van der Waals surface area contributed by atoms with Gasteiger partial charge >= 0.3 is 6.01 Å². The van der Waals surface area contributed by atoms with E-state index in [1.807, 2.05) is 18.7 Å². The molecule has 4 saturated heterocycles. The molecular weight excluding hydrogens is 652 g/mol. The molecule has 0 aliphatic carbocycles. The van der Waals surface area contributed by atoms with E-state index in [0.29, 0.717) is 42.7 Å². The standard InChI is InChI=1S/C39H41F2N7O3/c1-4-27-30(40)10-7-23-16-26(49)17-28(32(23)27)34-33(41)35-29(18-43-34)36(45-38(44-35)51-21-39-11-5-13-47(39)14-6-12-39)46-19-24-8-9-25(20-46)48(24)37(50)31(42)15-22(2)3/h1,7,10,16-18,22,24-25,42,49H,5-6,8-9,11-15,19-21H2,2-3H3. The quantitative estimate of drug-likeness (QED) is 0.169. The van der Waals surface area contributed by atoms with Gasteiger partial charge < -0.3 is 19.6 Å². The Hall–Kier alpha value is -4.89. The molecule has 6 heterocycles. The third-order valence-electron chi connectivity index (χ3n) is 11.3. The summed E-state index contributed by atoms with van der Waals surface area (Å²) in [4.78, 5) is 33.9. The molecule has 12 heteroatoms. The molecule has 0 saturated carbocycles. The van der Waals surface area contributed by atoms with Gasteiger partial charge in [0.25, 0.3) is 5.91 Å². The van der Waals surface area contributed by atoms with E-state index < -0.39 is 11.6 Å². The van der Waals surface area contributed by atoms with Gasteiger partial charge in [-0.1, -0.05) is 25.8 Å². The average Bonchev–Trinajstić information content (AvgIpc) is 3.77. The highest BCUT2D eigenvalue weighted by atomic mass is 19.1. The van der Waals surface area contributed by atoms with Crippen LogP contribution in [0.5, 0.6) is 11.8 Å². The van der Waals surface area contributed by atoms with Crippen molar-refractivity contribution in [2.45, 2.75) is 76.4 Å². The highest BCUT2D eigenvalue weighted by molar-refractivity contribution is 6.37. The Bertz CT molecular complexity index is 2110. The van der Waals surface area contributed by atoms with Crippen LogP contribution in [0, 0.1) is 35.3 Å². The molecule has 2 aromatic heterocycles. The van der Waals surface area contributed by atoms with Crippen molar-refractivity contribution in [1.29, 1.82) is 5.41 Å². The lowest BCUT2D eigenvalue weighted by Gasteiger charge is -2.42. The largest absolute Gasteiger partial charge is 0.508 e. The van der Waals surface area contributed by atoms with Crippen LogP contribution in [0.4, 0.5) is 14.6 Å². The molecule has 8 rings (SSSR count). The maximum absolute atomic E-state index is 17.0. The number of ether oxygens (including phenoxy) is 1. The zero-order chi connectivity index (χ0) is 35.6. The number of terminal acetylenes is 1. The number of piperazine rings is 1. The van der Waals surface area contributed by atoms with E-state index in [1.54, 1.807) is 0 Å². The van der Waals surface area contributed by atoms with Crippen molar-refractivity contribution >= 4 is 39.1 Å². The minimum atomic E-state index is -0.777. The first-order chi connectivity index (χ1) is 24.6. The second kappa shape index (κ2) is 12.7. The van der Waals surface area contributed by atoms with Crippen LogP contribution < -0.4 is 9.64 Å². The van der Waals surface area contributed by atoms with Gasteiger partial charge in [-0.15, -0.1) is 6.42 Å². The maximum atomic E-state index is 17.0. The Morgan fingerprint density at radius 2 is 1.86 bits per heavy atom. The lowest BCUT2D eigenvalue weighted by atomic mass is 9.95. The molecule has 2 aromatic carbocycles. The Morgan fingerprint density at radius 3 is 2.55 bits per heavy atom. The molecule has 4 aliphatic rings. The number of fused-ring (bicyclic) bond motifs is 5. The summed E-state index contributed by atoms with van der Waals surface area (Å²) in [5.74, 6) is 1.25. The number of hydrogen-bond acceptors (Lipinski definition) is 9. The molecule has 4 aliphatic heterocycles. The average molecular weight is 694 g/mol. The minimum absolute atomic E-state index is 0.0214. The first-order valence-corrected chi connectivity index (χ1v) is 17.9. The first kappa shape index (κ1) is 33.3. The van der Waals surface area contributed by atoms with Gasteiger partial charge in [0.15, 0.2) is 5.82 Å². The zero-order valence-electron chi connectivity index (χ0n) is 28.9. The summed E-state index contributed by atoms with van der Waals surface area (Å²) in [6.45, 7) is 7.32. The van der Waals surface area contributed by atoms with Crippen molar-refractivity contribution in [3.05, 3.63) is 47.7 Å². The van der Waals surface area contributed by atoms with E-state index in [2.05, 4.69) is 25.7 Å². The van der Waals surface area contributed by atoms with Gasteiger partial charge in [-0.3, -0.25) is 20.1 Å². The lowest BCUT2D eigenvalue weighted by molar-refractivity contribution is -0.127. The maximum Gasteiger partial charge on any atom is 0.319 e. The number of aromatic nitrogens is 3. The van der Waals surface area contributed by atoms with Crippen LogP contribution in [-0.4, -0.2) is 91.9 Å². The highest BCUT2D eigenvalue weighted by Crippen LogP contribution is 2.42. The van der Waals surface area contributed by atoms with Crippen molar-refractivity contribution < 1.29 is 23.4 Å². The van der Waals surface area contributed by atoms with Crippen molar-refractivity contribution in [3.8, 4) is 35.4 Å². The summed E-state index contributed by atoms with van der Waals surface area (Å²) in [6, 6.07) is 5.27. The van der Waals surface area contributed by atoms with E-state index >= 15 is 4.39 Å². The normalized spacial score (nSPS) is 21.1. The number of amides is 1. The van der Waals surface area contributed by atoms with Crippen LogP contribution in [0.3, 0.4) is 0 Å². The van der Waals surface area contributed by atoms with Gasteiger partial charge in [-0.05, 0) is 87.5 Å². The first-order valence-electron chi connectivity index (χ1n) is 17.9. The van der Waals surface area contributed by atoms with Gasteiger partial charge in [0.2, 0.25) is 0 Å². The third kappa shape index (κ3) is 5.62. The van der Waals surface area contributed by atoms with Crippen molar-refractivity contribution in [2.24, 2.45) is 5.92 Å². The predicted octanol–water partition coefficient (Wildman–Crippen LogP) is 6.06. The number of phenols is 1. The number of carbonyl (C=O) groups excluding carboxylic acids is 1. The molecule has 264 valence electrons. The van der Waals surface area contributed by atoms with Gasteiger partial charge in [-0.25, -0.2) is 8.78 Å². The molecule has 10 nitrogen and oxygen atoms in total. The Morgan fingerprint density at radius 1 is 1.14 bits per heavy atom. The van der Waals surface area contributed by atoms with E-state index in [9.17, 15) is 14.3 Å². The van der Waals surface area contributed by atoms with Crippen LogP contribution in [0.2, 0.25) is 0 Å². The van der Waals surface area contributed by atoms with Gasteiger partial charge in [0.1, 0.15) is 35.2 Å². The minimum Gasteiger partial charge on any atom is -0.508 e. The number of phenolic OH excluding ortho intramolecular Hbond substituents is 1. The number of carbonyl (C=O) groups is 1. The van der Waals surface area contributed by atoms with Crippen LogP contribution in [0.15, 0.2) is 30.5 Å². The number of hydrogen-bond donors (Lipinski definition) is 2. The summed E-state index contributed by atoms with van der Waals surface area (Å²) in [7, 11) is 0. The summed E-state index contributed by atoms with van der Waals surface area (Å²) < 4.78 is 38.3. The van der Waals surface area contributed by atoms with Crippen LogP contribution in [-0.2, 0) is 4.79 Å². The fourth-order valence-electron chi connectivity index (χ4n) is 8.99. The van der Waals surface area contributed by atoms with Crippen molar-refractivity contribution in [2.75, 3.05) is 37.7 Å². The number of aromatic hydroxyl groups is 1. The molecule has 0 radical (unpaired) electrons. The molecule has 2 bridgehead atoms. The molecule has 0 spiro atoms. The van der Waals surface area contributed by atoms with E-state index in [-0.39, 0.29) is 74.6 Å². The number of nitrogens with one attached hydrogen (secondary N) is 1. The molecular formula is C39H41F2N7O3. The molecule has 2 N–H and O–H groups in total. The lowest BCUT2D eigenvalue weighted by Crippen LogP contribution is -2.57. The second-order valence-corrected chi connectivity index (χ2v) is 15.0. The summed E-state index contributed by atoms with van der Waals surface area (Å²) in [6.07, 6.45) is 13.4. The molecule has 2 atom stereocenters. The van der Waals surface area contributed by atoms with Gasteiger partial charge in [0, 0.05) is 30.2 Å². The molecule has 1 amide bonds. The number of rotatable bonds is 8. The predicted molar refractivity (Wildman–Crippen MR) is 191 cm³/mol. The second-order valence-electron chi connectivity index (χ2n) is 15.0. The SMILES string of the molecule is C#Cc1c(F)ccc2cc(O)cc(-c3ncc4c(N5CC6CCC(C5)N6C(=O)C(=N)CC(C)C)nc(OCC56CCCN5CCC6)nc4c3F)c12. The zero-order valence-corrected chi connectivity index (χ0v) is 28.9. The molecule has 4 fully saturated rings. The van der Waals surface area contributed by atoms with Crippen molar-refractivity contribution in [1.82, 2.24) is 24.8 Å². The molecule has 2 unspecified atom stereocenters. The fourth-order valence-corrected chi connectivity index (χ4v) is 8.99. The topological polar surface area (TPSA) is 119 Å². The number of halogens is 2. The van der Waals surface area contributed by atoms with Crippen LogP contribution in [0.1, 0.15) is 64.4 Å². The number of pyridine rings is 1. The monoisotopic (exact) mass is 693 g/mol. The number of nitrogens with zero attached hydrogens (tertiary/aromatic N) is 6. The Labute approximate surface area is 295 Å². The van der Waals surface area contributed by atoms with Crippen molar-refractivity contribution in [3.63, 3.8) is 0 Å². The van der Waals surface area contributed by atoms with E-state index in [0.717, 1.165) is 51.6 Å². The highest BCUT2D eigenvalue weighted by Gasteiger charge is 2.46. The summed E-state index contributed by atoms with van der Waals surface area (Å²) in [5.41, 5.74) is -0.0554. The summed E-state index contributed by atoms with van der Waals surface area (Å²) in [5, 5.41) is 20.1. The Kier molecular flexibility index (Phi) is 8.29. The van der Waals surface area contributed by atoms with Crippen LogP contribution >= 0.6 is 0 Å². The number of anilines is 1. The summed E-state index contributed by atoms with van der Waals surface area (Å²) >= 11 is 0. The fraction of sp³-hybridized carbons (Fsp3) is 0.462. The van der Waals surface area contributed by atoms with E-state index in [4.69, 9.17) is 21.6 Å². The van der Waals surface area contributed by atoms with Gasteiger partial charge in [0.05, 0.1) is 34.3 Å².